The van der Waals surface area contributed by atoms with Gasteiger partial charge in [-0.1, -0.05) is 6.07 Å². The van der Waals surface area contributed by atoms with E-state index in [0.717, 1.165) is 10.9 Å². The molecular weight excluding hydrogens is 385 g/mol. The van der Waals surface area contributed by atoms with Crippen molar-refractivity contribution in [3.63, 3.8) is 0 Å². The maximum absolute atomic E-state index is 13.4. The molecule has 0 radical (unpaired) electrons. The van der Waals surface area contributed by atoms with Crippen LogP contribution in [0.4, 0.5) is 4.39 Å². The summed E-state index contributed by atoms with van der Waals surface area (Å²) >= 11 is 0. The van der Waals surface area contributed by atoms with Crippen molar-refractivity contribution in [2.24, 2.45) is 0 Å². The van der Waals surface area contributed by atoms with Crippen molar-refractivity contribution in [3.05, 3.63) is 54.0 Å². The maximum Gasteiger partial charge on any atom is 0.240 e. The van der Waals surface area contributed by atoms with Gasteiger partial charge in [-0.2, -0.15) is 0 Å². The fourth-order valence-corrected chi connectivity index (χ4v) is 4.21. The summed E-state index contributed by atoms with van der Waals surface area (Å²) in [7, 11) is -2.42. The van der Waals surface area contributed by atoms with E-state index in [-0.39, 0.29) is 35.1 Å². The van der Waals surface area contributed by atoms with Gasteiger partial charge >= 0.3 is 0 Å². The number of halogens is 1. The van der Waals surface area contributed by atoms with Crippen LogP contribution in [0.15, 0.2) is 47.5 Å². The van der Waals surface area contributed by atoms with Gasteiger partial charge in [-0.25, -0.2) is 17.5 Å². The van der Waals surface area contributed by atoms with Crippen LogP contribution in [-0.2, 0) is 21.4 Å². The van der Waals surface area contributed by atoms with Crippen LogP contribution < -0.4 is 10.0 Å². The zero-order valence-corrected chi connectivity index (χ0v) is 15.9. The van der Waals surface area contributed by atoms with Crippen LogP contribution in [0.5, 0.6) is 0 Å². The monoisotopic (exact) mass is 405 g/mol. The second-order valence-electron chi connectivity index (χ2n) is 6.19. The quantitative estimate of drug-likeness (QED) is 0.481. The topological polar surface area (TPSA) is 111 Å². The highest BCUT2D eigenvalue weighted by molar-refractivity contribution is 7.89. The summed E-state index contributed by atoms with van der Waals surface area (Å²) in [6, 6.07) is 8.98. The number of aliphatic hydroxyl groups is 1. The fraction of sp³-hybridized carbons (Fsp3) is 0.211. The summed E-state index contributed by atoms with van der Waals surface area (Å²) < 4.78 is 40.8. The van der Waals surface area contributed by atoms with Crippen LogP contribution in [-0.4, -0.2) is 38.0 Å². The molecular formula is C19H20FN3O4S. The average Bonchev–Trinajstić information content (AvgIpc) is 3.10. The van der Waals surface area contributed by atoms with Gasteiger partial charge in [0.1, 0.15) is 5.82 Å². The van der Waals surface area contributed by atoms with E-state index in [0.29, 0.717) is 11.1 Å². The zero-order chi connectivity index (χ0) is 20.3. The zero-order valence-electron chi connectivity index (χ0n) is 15.1. The van der Waals surface area contributed by atoms with Crippen LogP contribution in [0.3, 0.4) is 0 Å². The van der Waals surface area contributed by atoms with Gasteiger partial charge in [-0.3, -0.25) is 4.79 Å². The first kappa shape index (κ1) is 20.0. The number of carbonyl (C=O) groups is 1. The second kappa shape index (κ2) is 8.09. The Morgan fingerprint density at radius 3 is 2.71 bits per heavy atom. The molecule has 0 atom stereocenters. The lowest BCUT2D eigenvalue weighted by Crippen LogP contribution is -2.29. The number of benzene rings is 2. The molecule has 0 spiro atoms. The van der Waals surface area contributed by atoms with E-state index in [2.05, 4.69) is 15.0 Å². The van der Waals surface area contributed by atoms with Crippen molar-refractivity contribution in [2.75, 3.05) is 13.6 Å². The Balaban J connectivity index is 1.92. The molecule has 28 heavy (non-hydrogen) atoms. The van der Waals surface area contributed by atoms with Crippen molar-refractivity contribution in [1.82, 2.24) is 15.0 Å². The molecule has 0 aliphatic carbocycles. The van der Waals surface area contributed by atoms with Crippen molar-refractivity contribution in [1.29, 1.82) is 0 Å². The van der Waals surface area contributed by atoms with E-state index in [1.165, 1.54) is 25.2 Å². The Bertz CT molecular complexity index is 1130. The number of aliphatic hydroxyl groups excluding tert-OH is 1. The Morgan fingerprint density at radius 2 is 2.00 bits per heavy atom. The predicted molar refractivity (Wildman–Crippen MR) is 103 cm³/mol. The number of rotatable bonds is 7. The predicted octanol–water partition coefficient (Wildman–Crippen LogP) is 1.88. The lowest BCUT2D eigenvalue weighted by atomic mass is 10.0. The van der Waals surface area contributed by atoms with Gasteiger partial charge < -0.3 is 15.4 Å². The average molecular weight is 405 g/mol. The largest absolute Gasteiger partial charge is 0.392 e. The Hall–Kier alpha value is -2.75. The van der Waals surface area contributed by atoms with Gasteiger partial charge in [-0.15, -0.1) is 0 Å². The van der Waals surface area contributed by atoms with Crippen molar-refractivity contribution >= 4 is 26.8 Å². The molecule has 2 aromatic carbocycles. The van der Waals surface area contributed by atoms with Crippen molar-refractivity contribution in [3.8, 4) is 11.1 Å². The Labute approximate surface area is 161 Å². The molecule has 3 rings (SSSR count). The summed E-state index contributed by atoms with van der Waals surface area (Å²) in [5.74, 6) is -0.641. The number of aromatic nitrogens is 1. The molecule has 0 aliphatic heterocycles. The van der Waals surface area contributed by atoms with Crippen LogP contribution in [0.25, 0.3) is 22.0 Å². The third-order valence-corrected chi connectivity index (χ3v) is 5.96. The van der Waals surface area contributed by atoms with E-state index in [4.69, 9.17) is 0 Å². The molecule has 1 heterocycles. The van der Waals surface area contributed by atoms with Crippen molar-refractivity contribution < 1.29 is 22.7 Å². The molecule has 0 fully saturated rings. The molecule has 3 aromatic rings. The smallest absolute Gasteiger partial charge is 0.240 e. The Morgan fingerprint density at radius 1 is 1.21 bits per heavy atom. The van der Waals surface area contributed by atoms with Gasteiger partial charge in [0.25, 0.3) is 0 Å². The van der Waals surface area contributed by atoms with Gasteiger partial charge in [-0.05, 0) is 41.5 Å². The molecule has 0 saturated carbocycles. The highest BCUT2D eigenvalue weighted by Crippen LogP contribution is 2.31. The number of carbonyl (C=O) groups excluding carboxylic acids is 1. The van der Waals surface area contributed by atoms with Crippen LogP contribution in [0.2, 0.25) is 0 Å². The lowest BCUT2D eigenvalue weighted by Gasteiger charge is -2.12. The number of fused-ring (bicyclic) bond motifs is 1. The SMILES string of the molecule is CNC(=O)CCNS(=O)(=O)c1ccc(-c2c[nH]c3cc(F)ccc23)cc1CO. The minimum absolute atomic E-state index is 0.00811. The molecule has 7 nitrogen and oxygen atoms in total. The second-order valence-corrected chi connectivity index (χ2v) is 7.93. The number of aromatic amines is 1. The summed E-state index contributed by atoms with van der Waals surface area (Å²) in [5.41, 5.74) is 2.29. The number of sulfonamides is 1. The molecule has 0 bridgehead atoms. The van der Waals surface area contributed by atoms with Gasteiger partial charge in [0.2, 0.25) is 15.9 Å². The molecule has 9 heteroatoms. The van der Waals surface area contributed by atoms with E-state index in [1.807, 2.05) is 0 Å². The molecule has 0 unspecified atom stereocenters. The first-order valence-corrected chi connectivity index (χ1v) is 10.0. The van der Waals surface area contributed by atoms with E-state index >= 15 is 0 Å². The number of hydrogen-bond acceptors (Lipinski definition) is 4. The minimum atomic E-state index is -3.89. The molecule has 1 aromatic heterocycles. The highest BCUT2D eigenvalue weighted by Gasteiger charge is 2.19. The van der Waals surface area contributed by atoms with Gasteiger partial charge in [0, 0.05) is 42.7 Å². The summed E-state index contributed by atoms with van der Waals surface area (Å²) in [6.07, 6.45) is 1.71. The third-order valence-electron chi connectivity index (χ3n) is 4.40. The summed E-state index contributed by atoms with van der Waals surface area (Å²) in [5, 5.41) is 12.9. The first-order valence-electron chi connectivity index (χ1n) is 8.56. The normalized spacial score (nSPS) is 11.7. The number of H-pyrrole nitrogens is 1. The summed E-state index contributed by atoms with van der Waals surface area (Å²) in [6.45, 7) is -0.529. The third kappa shape index (κ3) is 4.06. The van der Waals surface area contributed by atoms with Crippen LogP contribution in [0, 0.1) is 5.82 Å². The van der Waals surface area contributed by atoms with E-state index < -0.39 is 16.6 Å². The molecule has 0 aliphatic rings. The van der Waals surface area contributed by atoms with Gasteiger partial charge in [0.15, 0.2) is 0 Å². The molecule has 148 valence electrons. The van der Waals surface area contributed by atoms with Crippen molar-refractivity contribution in [2.45, 2.75) is 17.9 Å². The molecule has 4 N–H and O–H groups in total. The minimum Gasteiger partial charge on any atom is -0.392 e. The lowest BCUT2D eigenvalue weighted by molar-refractivity contribution is -0.120. The van der Waals surface area contributed by atoms with E-state index in [1.54, 1.807) is 24.4 Å². The molecule has 1 amide bonds. The van der Waals surface area contributed by atoms with Crippen LogP contribution >= 0.6 is 0 Å². The Kier molecular flexibility index (Phi) is 5.78. The maximum atomic E-state index is 13.4. The fourth-order valence-electron chi connectivity index (χ4n) is 2.97. The summed E-state index contributed by atoms with van der Waals surface area (Å²) in [4.78, 5) is 14.2. The number of hydrogen-bond donors (Lipinski definition) is 4. The highest BCUT2D eigenvalue weighted by atomic mass is 32.2. The van der Waals surface area contributed by atoms with Crippen LogP contribution in [0.1, 0.15) is 12.0 Å². The standard InChI is InChI=1S/C19H20FN3O4S/c1-21-19(25)6-7-23-28(26,27)18-5-2-12(8-13(18)11-24)16-10-22-17-9-14(20)3-4-15(16)17/h2-5,8-10,22-24H,6-7,11H2,1H3,(H,21,25). The first-order chi connectivity index (χ1) is 13.4. The van der Waals surface area contributed by atoms with E-state index in [9.17, 15) is 22.7 Å². The van der Waals surface area contributed by atoms with Gasteiger partial charge in [0.05, 0.1) is 11.5 Å². The number of amides is 1. The number of nitrogens with one attached hydrogen (secondary N) is 3. The molecule has 0 saturated heterocycles.